The molecule has 1 aromatic heterocycles. The highest BCUT2D eigenvalue weighted by atomic mass is 35.5. The molecule has 2 aliphatic carbocycles. The van der Waals surface area contributed by atoms with Crippen LogP contribution in [0.4, 0.5) is 0 Å². The summed E-state index contributed by atoms with van der Waals surface area (Å²) in [5, 5.41) is 0.282. The molecule has 0 unspecified atom stereocenters. The molecule has 0 aliphatic heterocycles. The van der Waals surface area contributed by atoms with Crippen LogP contribution in [0.5, 0.6) is 0 Å². The molecule has 0 radical (unpaired) electrons. The smallest absolute Gasteiger partial charge is 0.274 e. The predicted octanol–water partition coefficient (Wildman–Crippen LogP) is 3.31. The van der Waals surface area contributed by atoms with E-state index in [1.165, 1.54) is 44.5 Å². The van der Waals surface area contributed by atoms with Gasteiger partial charge in [0.15, 0.2) is 0 Å². The standard InChI is InChI=1S/C15H20ClN3O/c16-14-9-17-8-13(18-14)15(20)19(12-6-7-12)10-11-4-2-1-3-5-11/h8-9,11-12H,1-7,10H2. The Morgan fingerprint density at radius 3 is 2.60 bits per heavy atom. The van der Waals surface area contributed by atoms with Crippen LogP contribution in [0, 0.1) is 5.92 Å². The Morgan fingerprint density at radius 1 is 1.20 bits per heavy atom. The van der Waals surface area contributed by atoms with E-state index in [1.807, 2.05) is 4.90 Å². The molecular formula is C15H20ClN3O. The monoisotopic (exact) mass is 293 g/mol. The van der Waals surface area contributed by atoms with Gasteiger partial charge >= 0.3 is 0 Å². The summed E-state index contributed by atoms with van der Waals surface area (Å²) in [4.78, 5) is 22.7. The molecule has 108 valence electrons. The van der Waals surface area contributed by atoms with E-state index in [0.717, 1.165) is 19.4 Å². The van der Waals surface area contributed by atoms with Gasteiger partial charge in [-0.1, -0.05) is 30.9 Å². The number of aromatic nitrogens is 2. The molecule has 1 heterocycles. The molecule has 2 fully saturated rings. The summed E-state index contributed by atoms with van der Waals surface area (Å²) in [6.07, 6.45) is 11.6. The van der Waals surface area contributed by atoms with Gasteiger partial charge in [-0.15, -0.1) is 0 Å². The van der Waals surface area contributed by atoms with Crippen LogP contribution in [-0.4, -0.2) is 33.4 Å². The highest BCUT2D eigenvalue weighted by Crippen LogP contribution is 2.32. The lowest BCUT2D eigenvalue weighted by molar-refractivity contribution is 0.0692. The van der Waals surface area contributed by atoms with Crippen molar-refractivity contribution in [2.24, 2.45) is 5.92 Å². The van der Waals surface area contributed by atoms with Gasteiger partial charge in [-0.2, -0.15) is 0 Å². The molecule has 2 saturated carbocycles. The van der Waals surface area contributed by atoms with Gasteiger partial charge in [0, 0.05) is 12.6 Å². The molecule has 4 nitrogen and oxygen atoms in total. The van der Waals surface area contributed by atoms with Crippen molar-refractivity contribution in [1.29, 1.82) is 0 Å². The van der Waals surface area contributed by atoms with E-state index in [9.17, 15) is 4.79 Å². The summed E-state index contributed by atoms with van der Waals surface area (Å²) in [5.74, 6) is 0.647. The average molecular weight is 294 g/mol. The minimum atomic E-state index is -0.00641. The summed E-state index contributed by atoms with van der Waals surface area (Å²) in [6, 6.07) is 0.408. The molecule has 1 aromatic rings. The fraction of sp³-hybridized carbons (Fsp3) is 0.667. The zero-order valence-electron chi connectivity index (χ0n) is 11.6. The van der Waals surface area contributed by atoms with Gasteiger partial charge in [0.25, 0.3) is 5.91 Å². The summed E-state index contributed by atoms with van der Waals surface area (Å²) in [6.45, 7) is 0.873. The number of carbonyl (C=O) groups excluding carboxylic acids is 1. The normalized spacial score (nSPS) is 19.9. The van der Waals surface area contributed by atoms with E-state index in [-0.39, 0.29) is 11.1 Å². The minimum Gasteiger partial charge on any atom is -0.334 e. The van der Waals surface area contributed by atoms with Gasteiger partial charge in [0.05, 0.1) is 12.4 Å². The fourth-order valence-electron chi connectivity index (χ4n) is 3.02. The Kier molecular flexibility index (Phi) is 4.20. The maximum Gasteiger partial charge on any atom is 0.274 e. The molecule has 0 spiro atoms. The minimum absolute atomic E-state index is 0.00641. The molecule has 0 atom stereocenters. The second-order valence-corrected chi connectivity index (χ2v) is 6.31. The molecule has 20 heavy (non-hydrogen) atoms. The molecule has 0 N–H and O–H groups in total. The first kappa shape index (κ1) is 13.8. The lowest BCUT2D eigenvalue weighted by Gasteiger charge is -2.29. The number of nitrogens with zero attached hydrogens (tertiary/aromatic N) is 3. The third kappa shape index (κ3) is 3.29. The molecule has 0 bridgehead atoms. The van der Waals surface area contributed by atoms with Crippen molar-refractivity contribution in [3.05, 3.63) is 23.2 Å². The average Bonchev–Trinajstić information content (AvgIpc) is 3.30. The Bertz CT molecular complexity index is 484. The quantitative estimate of drug-likeness (QED) is 0.855. The topological polar surface area (TPSA) is 46.1 Å². The van der Waals surface area contributed by atoms with Crippen LogP contribution in [0.15, 0.2) is 12.4 Å². The Labute approximate surface area is 124 Å². The zero-order chi connectivity index (χ0) is 13.9. The van der Waals surface area contributed by atoms with E-state index < -0.39 is 0 Å². The molecule has 2 aliphatic rings. The fourth-order valence-corrected chi connectivity index (χ4v) is 3.17. The second kappa shape index (κ2) is 6.08. The van der Waals surface area contributed by atoms with Crippen molar-refractivity contribution >= 4 is 17.5 Å². The third-order valence-electron chi connectivity index (χ3n) is 4.25. The van der Waals surface area contributed by atoms with Gasteiger partial charge in [-0.05, 0) is 31.6 Å². The van der Waals surface area contributed by atoms with Crippen molar-refractivity contribution in [3.8, 4) is 0 Å². The summed E-state index contributed by atoms with van der Waals surface area (Å²) < 4.78 is 0. The second-order valence-electron chi connectivity index (χ2n) is 5.92. The maximum absolute atomic E-state index is 12.6. The van der Waals surface area contributed by atoms with Crippen LogP contribution in [0.3, 0.4) is 0 Å². The van der Waals surface area contributed by atoms with Crippen LogP contribution < -0.4 is 0 Å². The van der Waals surface area contributed by atoms with Crippen molar-refractivity contribution in [1.82, 2.24) is 14.9 Å². The van der Waals surface area contributed by atoms with Crippen molar-refractivity contribution in [3.63, 3.8) is 0 Å². The molecule has 0 saturated heterocycles. The van der Waals surface area contributed by atoms with Gasteiger partial charge < -0.3 is 4.90 Å². The van der Waals surface area contributed by atoms with E-state index in [0.29, 0.717) is 17.7 Å². The lowest BCUT2D eigenvalue weighted by Crippen LogP contribution is -2.38. The van der Waals surface area contributed by atoms with Crippen LogP contribution in [0.1, 0.15) is 55.4 Å². The first-order valence-corrected chi connectivity index (χ1v) is 7.90. The number of carbonyl (C=O) groups is 1. The van der Waals surface area contributed by atoms with Crippen LogP contribution in [-0.2, 0) is 0 Å². The lowest BCUT2D eigenvalue weighted by atomic mass is 9.89. The van der Waals surface area contributed by atoms with E-state index in [1.54, 1.807) is 0 Å². The summed E-state index contributed by atoms with van der Waals surface area (Å²) in [7, 11) is 0. The molecule has 5 heteroatoms. The highest BCUT2D eigenvalue weighted by Gasteiger charge is 2.35. The summed E-state index contributed by atoms with van der Waals surface area (Å²) >= 11 is 5.84. The molecule has 3 rings (SSSR count). The van der Waals surface area contributed by atoms with Crippen LogP contribution in [0.2, 0.25) is 5.15 Å². The first-order chi connectivity index (χ1) is 9.74. The van der Waals surface area contributed by atoms with Crippen LogP contribution >= 0.6 is 11.6 Å². The van der Waals surface area contributed by atoms with Gasteiger partial charge in [0.2, 0.25) is 0 Å². The van der Waals surface area contributed by atoms with E-state index in [4.69, 9.17) is 11.6 Å². The van der Waals surface area contributed by atoms with E-state index in [2.05, 4.69) is 9.97 Å². The number of amides is 1. The highest BCUT2D eigenvalue weighted by molar-refractivity contribution is 6.29. The number of halogens is 1. The first-order valence-electron chi connectivity index (χ1n) is 7.52. The number of hydrogen-bond donors (Lipinski definition) is 0. The molecular weight excluding hydrogens is 274 g/mol. The SMILES string of the molecule is O=C(c1cncc(Cl)n1)N(CC1CCCCC1)C1CC1. The molecule has 1 amide bonds. The van der Waals surface area contributed by atoms with Gasteiger partial charge in [0.1, 0.15) is 10.8 Å². The Balaban J connectivity index is 1.71. The summed E-state index contributed by atoms with van der Waals surface area (Å²) in [5.41, 5.74) is 0.375. The van der Waals surface area contributed by atoms with Gasteiger partial charge in [-0.3, -0.25) is 9.78 Å². The molecule has 0 aromatic carbocycles. The van der Waals surface area contributed by atoms with Crippen molar-refractivity contribution < 1.29 is 4.79 Å². The Morgan fingerprint density at radius 2 is 1.95 bits per heavy atom. The van der Waals surface area contributed by atoms with Gasteiger partial charge in [-0.25, -0.2) is 4.98 Å². The number of hydrogen-bond acceptors (Lipinski definition) is 3. The Hall–Kier alpha value is -1.16. The third-order valence-corrected chi connectivity index (χ3v) is 4.43. The van der Waals surface area contributed by atoms with E-state index >= 15 is 0 Å². The largest absolute Gasteiger partial charge is 0.334 e. The maximum atomic E-state index is 12.6. The zero-order valence-corrected chi connectivity index (χ0v) is 12.4. The predicted molar refractivity (Wildman–Crippen MR) is 77.7 cm³/mol. The number of rotatable bonds is 4. The van der Waals surface area contributed by atoms with Crippen molar-refractivity contribution in [2.75, 3.05) is 6.54 Å². The van der Waals surface area contributed by atoms with Crippen LogP contribution in [0.25, 0.3) is 0 Å². The van der Waals surface area contributed by atoms with Crippen molar-refractivity contribution in [2.45, 2.75) is 51.0 Å².